The summed E-state index contributed by atoms with van der Waals surface area (Å²) < 4.78 is 9.75. The minimum absolute atomic E-state index is 0.242. The molecule has 0 spiro atoms. The maximum Gasteiger partial charge on any atom is 0.343 e. The number of benzene rings is 1. The molecule has 0 saturated carbocycles. The number of hydrogen-bond donors (Lipinski definition) is 3. The van der Waals surface area contributed by atoms with Gasteiger partial charge in [-0.1, -0.05) is 11.6 Å². The third-order valence-corrected chi connectivity index (χ3v) is 4.08. The lowest BCUT2D eigenvalue weighted by Gasteiger charge is -2.13. The molecule has 1 aliphatic rings. The zero-order valence-electron chi connectivity index (χ0n) is 13.5. The standard InChI is InChI=1S/C16H17ClN4O4/c1-24-14(22)8-25-13-3-2-9(6-11(13)17)19-16(23)15-10-7-18-5-4-12(10)20-21-15/h2-3,6,18H,4-5,7-8H2,1H3,(H,19,23)(H,20,21). The molecule has 0 radical (unpaired) electrons. The molecule has 0 saturated heterocycles. The first-order chi connectivity index (χ1) is 12.1. The fourth-order valence-electron chi connectivity index (χ4n) is 2.49. The van der Waals surface area contributed by atoms with E-state index in [2.05, 4.69) is 25.6 Å². The largest absolute Gasteiger partial charge is 0.480 e. The first-order valence-corrected chi connectivity index (χ1v) is 8.03. The number of methoxy groups -OCH3 is 1. The van der Waals surface area contributed by atoms with E-state index in [1.54, 1.807) is 18.2 Å². The van der Waals surface area contributed by atoms with E-state index in [0.29, 0.717) is 23.7 Å². The van der Waals surface area contributed by atoms with Crippen molar-refractivity contribution in [1.29, 1.82) is 0 Å². The zero-order valence-corrected chi connectivity index (χ0v) is 14.3. The van der Waals surface area contributed by atoms with Crippen LogP contribution in [0.5, 0.6) is 5.75 Å². The molecule has 3 rings (SSSR count). The number of carbonyl (C=O) groups excluding carboxylic acids is 2. The third-order valence-electron chi connectivity index (χ3n) is 3.78. The highest BCUT2D eigenvalue weighted by Gasteiger charge is 2.21. The maximum atomic E-state index is 12.4. The second-order valence-corrected chi connectivity index (χ2v) is 5.83. The number of carbonyl (C=O) groups is 2. The molecule has 8 nitrogen and oxygen atoms in total. The van der Waals surface area contributed by atoms with Crippen LogP contribution in [0.15, 0.2) is 18.2 Å². The summed E-state index contributed by atoms with van der Waals surface area (Å²) in [5.41, 5.74) is 2.73. The van der Waals surface area contributed by atoms with Crippen LogP contribution in [0.2, 0.25) is 5.02 Å². The highest BCUT2D eigenvalue weighted by Crippen LogP contribution is 2.28. The third kappa shape index (κ3) is 3.92. The van der Waals surface area contributed by atoms with E-state index in [4.69, 9.17) is 16.3 Å². The molecule has 0 atom stereocenters. The van der Waals surface area contributed by atoms with Crippen molar-refractivity contribution >= 4 is 29.2 Å². The van der Waals surface area contributed by atoms with Gasteiger partial charge in [-0.15, -0.1) is 0 Å². The number of fused-ring (bicyclic) bond motifs is 1. The summed E-state index contributed by atoms with van der Waals surface area (Å²) in [4.78, 5) is 23.5. The number of aromatic amines is 1. The molecule has 0 fully saturated rings. The predicted octanol–water partition coefficient (Wildman–Crippen LogP) is 1.51. The molecular weight excluding hydrogens is 348 g/mol. The summed E-state index contributed by atoms with van der Waals surface area (Å²) in [6, 6.07) is 4.75. The molecule has 0 unspecified atom stereocenters. The highest BCUT2D eigenvalue weighted by atomic mass is 35.5. The van der Waals surface area contributed by atoms with Gasteiger partial charge in [-0.25, -0.2) is 4.79 Å². The maximum absolute atomic E-state index is 12.4. The van der Waals surface area contributed by atoms with Crippen molar-refractivity contribution in [3.63, 3.8) is 0 Å². The fraction of sp³-hybridized carbons (Fsp3) is 0.312. The number of amides is 1. The van der Waals surface area contributed by atoms with Gasteiger partial charge in [0.2, 0.25) is 0 Å². The topological polar surface area (TPSA) is 105 Å². The van der Waals surface area contributed by atoms with Crippen LogP contribution in [0.4, 0.5) is 5.69 Å². The molecular formula is C16H17ClN4O4. The second-order valence-electron chi connectivity index (χ2n) is 5.42. The van der Waals surface area contributed by atoms with E-state index in [9.17, 15) is 9.59 Å². The molecule has 1 amide bonds. The molecule has 1 aliphatic heterocycles. The number of nitrogens with zero attached hydrogens (tertiary/aromatic N) is 1. The van der Waals surface area contributed by atoms with Crippen molar-refractivity contribution in [1.82, 2.24) is 15.5 Å². The van der Waals surface area contributed by atoms with Crippen LogP contribution in [0.25, 0.3) is 0 Å². The first-order valence-electron chi connectivity index (χ1n) is 7.66. The molecule has 132 valence electrons. The minimum Gasteiger partial charge on any atom is -0.480 e. The number of nitrogens with one attached hydrogen (secondary N) is 3. The van der Waals surface area contributed by atoms with Crippen LogP contribution in [0.3, 0.4) is 0 Å². The minimum atomic E-state index is -0.509. The number of H-pyrrole nitrogens is 1. The number of halogens is 1. The van der Waals surface area contributed by atoms with E-state index in [-0.39, 0.29) is 17.5 Å². The summed E-state index contributed by atoms with van der Waals surface area (Å²) in [7, 11) is 1.27. The van der Waals surface area contributed by atoms with Gasteiger partial charge in [0, 0.05) is 36.5 Å². The molecule has 2 aromatic rings. The molecule has 9 heteroatoms. The fourth-order valence-corrected chi connectivity index (χ4v) is 2.73. The zero-order chi connectivity index (χ0) is 17.8. The van der Waals surface area contributed by atoms with Gasteiger partial charge in [-0.2, -0.15) is 5.10 Å². The quantitative estimate of drug-likeness (QED) is 0.694. The van der Waals surface area contributed by atoms with Crippen molar-refractivity contribution in [2.24, 2.45) is 0 Å². The Kier molecular flexibility index (Phi) is 5.20. The van der Waals surface area contributed by atoms with Crippen molar-refractivity contribution in [2.45, 2.75) is 13.0 Å². The van der Waals surface area contributed by atoms with Crippen LogP contribution < -0.4 is 15.4 Å². The van der Waals surface area contributed by atoms with Gasteiger partial charge >= 0.3 is 5.97 Å². The molecule has 2 heterocycles. The van der Waals surface area contributed by atoms with Crippen molar-refractivity contribution in [3.8, 4) is 5.75 Å². The number of rotatable bonds is 5. The van der Waals surface area contributed by atoms with Gasteiger partial charge in [-0.05, 0) is 18.2 Å². The Bertz CT molecular complexity index is 805. The number of hydrogen-bond acceptors (Lipinski definition) is 6. The summed E-state index contributed by atoms with van der Waals surface area (Å²) in [5.74, 6) is -0.503. The number of aromatic nitrogens is 2. The number of anilines is 1. The Balaban J connectivity index is 1.68. The van der Waals surface area contributed by atoms with Gasteiger partial charge in [0.1, 0.15) is 5.75 Å². The van der Waals surface area contributed by atoms with Gasteiger partial charge in [0.15, 0.2) is 12.3 Å². The summed E-state index contributed by atoms with van der Waals surface area (Å²) in [6.07, 6.45) is 0.813. The van der Waals surface area contributed by atoms with Crippen molar-refractivity contribution in [3.05, 3.63) is 40.2 Å². The summed E-state index contributed by atoms with van der Waals surface area (Å²) >= 11 is 6.12. The molecule has 3 N–H and O–H groups in total. The van der Waals surface area contributed by atoms with Gasteiger partial charge in [-0.3, -0.25) is 9.89 Å². The van der Waals surface area contributed by atoms with Crippen molar-refractivity contribution in [2.75, 3.05) is 25.6 Å². The Morgan fingerprint density at radius 2 is 2.24 bits per heavy atom. The predicted molar refractivity (Wildman–Crippen MR) is 90.9 cm³/mol. The Morgan fingerprint density at radius 3 is 3.00 bits per heavy atom. The van der Waals surface area contributed by atoms with Gasteiger partial charge in [0.05, 0.1) is 12.1 Å². The molecule has 0 aliphatic carbocycles. The molecule has 0 bridgehead atoms. The summed E-state index contributed by atoms with van der Waals surface area (Å²) in [6.45, 7) is 1.23. The van der Waals surface area contributed by atoms with Crippen molar-refractivity contribution < 1.29 is 19.1 Å². The van der Waals surface area contributed by atoms with E-state index in [0.717, 1.165) is 24.2 Å². The first kappa shape index (κ1) is 17.2. The van der Waals surface area contributed by atoms with E-state index in [1.807, 2.05) is 0 Å². The van der Waals surface area contributed by atoms with Gasteiger partial charge < -0.3 is 20.1 Å². The number of ether oxygens (including phenoxy) is 2. The normalized spacial score (nSPS) is 13.0. The van der Waals surface area contributed by atoms with Crippen LogP contribution in [-0.4, -0.2) is 42.3 Å². The Hall–Kier alpha value is -2.58. The van der Waals surface area contributed by atoms with E-state index >= 15 is 0 Å². The SMILES string of the molecule is COC(=O)COc1ccc(NC(=O)c2n[nH]c3c2CNCC3)cc1Cl. The Morgan fingerprint density at radius 1 is 1.40 bits per heavy atom. The monoisotopic (exact) mass is 364 g/mol. The average Bonchev–Trinajstić information content (AvgIpc) is 3.05. The average molecular weight is 365 g/mol. The van der Waals surface area contributed by atoms with Crippen LogP contribution in [-0.2, 0) is 22.5 Å². The molecule has 1 aromatic carbocycles. The summed E-state index contributed by atoms with van der Waals surface area (Å²) in [5, 5.41) is 13.3. The van der Waals surface area contributed by atoms with Crippen LogP contribution >= 0.6 is 11.6 Å². The smallest absolute Gasteiger partial charge is 0.343 e. The van der Waals surface area contributed by atoms with E-state index < -0.39 is 5.97 Å². The highest BCUT2D eigenvalue weighted by molar-refractivity contribution is 6.32. The second kappa shape index (κ2) is 7.54. The lowest BCUT2D eigenvalue weighted by Crippen LogP contribution is -2.25. The Labute approximate surface area is 148 Å². The molecule has 25 heavy (non-hydrogen) atoms. The van der Waals surface area contributed by atoms with Crippen LogP contribution in [0, 0.1) is 0 Å². The van der Waals surface area contributed by atoms with Gasteiger partial charge in [0.25, 0.3) is 5.91 Å². The van der Waals surface area contributed by atoms with Crippen LogP contribution in [0.1, 0.15) is 21.7 Å². The number of esters is 1. The molecule has 1 aromatic heterocycles. The van der Waals surface area contributed by atoms with E-state index in [1.165, 1.54) is 7.11 Å². The lowest BCUT2D eigenvalue weighted by molar-refractivity contribution is -0.142. The lowest BCUT2D eigenvalue weighted by atomic mass is 10.1.